The Morgan fingerprint density at radius 2 is 1.94 bits per heavy atom. The third-order valence-electron chi connectivity index (χ3n) is 5.39. The zero-order valence-corrected chi connectivity index (χ0v) is 18.0. The number of hydrogen-bond acceptors (Lipinski definition) is 6. The van der Waals surface area contributed by atoms with E-state index in [0.29, 0.717) is 47.3 Å². The van der Waals surface area contributed by atoms with Gasteiger partial charge in [0.05, 0.1) is 37.4 Å². The van der Waals surface area contributed by atoms with Crippen molar-refractivity contribution in [3.63, 3.8) is 0 Å². The van der Waals surface area contributed by atoms with Gasteiger partial charge in [0, 0.05) is 23.4 Å². The number of alkyl halides is 2. The fraction of sp³-hybridized carbons (Fsp3) is 0.391. The van der Waals surface area contributed by atoms with Crippen molar-refractivity contribution in [1.29, 1.82) is 0 Å². The van der Waals surface area contributed by atoms with Crippen LogP contribution in [0, 0.1) is 12.7 Å². The highest BCUT2D eigenvalue weighted by Crippen LogP contribution is 2.37. The molecule has 0 aliphatic carbocycles. The summed E-state index contributed by atoms with van der Waals surface area (Å²) in [4.78, 5) is 8.94. The predicted molar refractivity (Wildman–Crippen MR) is 114 cm³/mol. The minimum atomic E-state index is -2.89. The highest BCUT2D eigenvalue weighted by Gasteiger charge is 2.22. The van der Waals surface area contributed by atoms with Crippen molar-refractivity contribution < 1.29 is 27.4 Å². The average molecular weight is 447 g/mol. The van der Waals surface area contributed by atoms with Crippen LogP contribution in [0.1, 0.15) is 42.8 Å². The van der Waals surface area contributed by atoms with E-state index in [-0.39, 0.29) is 11.7 Å². The van der Waals surface area contributed by atoms with Crippen LogP contribution in [0.15, 0.2) is 30.3 Å². The molecule has 2 heterocycles. The molecule has 2 aromatic carbocycles. The topological polar surface area (TPSA) is 65.5 Å². The van der Waals surface area contributed by atoms with Crippen molar-refractivity contribution in [3.8, 4) is 11.5 Å². The minimum absolute atomic E-state index is 0.0630. The first-order valence-electron chi connectivity index (χ1n) is 10.3. The normalized spacial score (nSPS) is 17.0. The van der Waals surface area contributed by atoms with Crippen molar-refractivity contribution in [3.05, 3.63) is 53.1 Å². The van der Waals surface area contributed by atoms with Gasteiger partial charge in [-0.15, -0.1) is 0 Å². The molecule has 32 heavy (non-hydrogen) atoms. The summed E-state index contributed by atoms with van der Waals surface area (Å²) >= 11 is 0. The molecule has 1 fully saturated rings. The van der Waals surface area contributed by atoms with Crippen LogP contribution in [0.5, 0.6) is 11.5 Å². The number of fused-ring (bicyclic) bond motifs is 1. The summed E-state index contributed by atoms with van der Waals surface area (Å²) in [5.74, 6) is 1.05. The van der Waals surface area contributed by atoms with E-state index in [4.69, 9.17) is 14.2 Å². The van der Waals surface area contributed by atoms with Crippen LogP contribution < -0.4 is 14.8 Å². The summed E-state index contributed by atoms with van der Waals surface area (Å²) in [5.41, 5.74) is 0.114. The standard InChI is InChI=1S/C23H24F3N3O3/c1-12(15-5-4-6-16(21(15)24)22(25)26)27-23-17-9-19(30-3)20(32-14-7-8-31-11-14)10-18(17)28-13(2)29-23/h4-6,9-10,12,14,22H,7-8,11H2,1-3H3,(H,27,28,29). The summed E-state index contributed by atoms with van der Waals surface area (Å²) in [5, 5.41) is 3.78. The first-order chi connectivity index (χ1) is 15.4. The van der Waals surface area contributed by atoms with Gasteiger partial charge < -0.3 is 19.5 Å². The molecule has 4 rings (SSSR count). The molecular weight excluding hydrogens is 423 g/mol. The third-order valence-corrected chi connectivity index (χ3v) is 5.39. The van der Waals surface area contributed by atoms with E-state index in [9.17, 15) is 13.2 Å². The van der Waals surface area contributed by atoms with E-state index < -0.39 is 23.8 Å². The Kier molecular flexibility index (Phi) is 6.36. The lowest BCUT2D eigenvalue weighted by molar-refractivity contribution is 0.139. The average Bonchev–Trinajstić information content (AvgIpc) is 3.26. The SMILES string of the molecule is COc1cc2c(NC(C)c3cccc(C(F)F)c3F)nc(C)nc2cc1OC1CCOC1. The Balaban J connectivity index is 1.70. The minimum Gasteiger partial charge on any atom is -0.493 e. The number of anilines is 1. The van der Waals surface area contributed by atoms with Crippen LogP contribution in [0.4, 0.5) is 19.0 Å². The van der Waals surface area contributed by atoms with Crippen molar-refractivity contribution in [2.24, 2.45) is 0 Å². The molecule has 170 valence electrons. The second-order valence-corrected chi connectivity index (χ2v) is 7.66. The molecule has 0 spiro atoms. The maximum absolute atomic E-state index is 14.6. The maximum Gasteiger partial charge on any atom is 0.266 e. The summed E-state index contributed by atoms with van der Waals surface area (Å²) < 4.78 is 57.8. The molecule has 1 aromatic heterocycles. The van der Waals surface area contributed by atoms with Crippen molar-refractivity contribution in [2.75, 3.05) is 25.6 Å². The van der Waals surface area contributed by atoms with Crippen LogP contribution in [-0.4, -0.2) is 36.4 Å². The molecule has 1 aliphatic heterocycles. The zero-order chi connectivity index (χ0) is 22.8. The lowest BCUT2D eigenvalue weighted by atomic mass is 10.0. The van der Waals surface area contributed by atoms with Gasteiger partial charge in [-0.3, -0.25) is 0 Å². The van der Waals surface area contributed by atoms with Gasteiger partial charge in [-0.1, -0.05) is 18.2 Å². The molecule has 2 atom stereocenters. The lowest BCUT2D eigenvalue weighted by Crippen LogP contribution is -2.16. The number of aromatic nitrogens is 2. The molecule has 0 bridgehead atoms. The highest BCUT2D eigenvalue weighted by atomic mass is 19.3. The van der Waals surface area contributed by atoms with Gasteiger partial charge in [-0.25, -0.2) is 23.1 Å². The molecule has 2 unspecified atom stereocenters. The molecular formula is C23H24F3N3O3. The number of nitrogens with zero attached hydrogens (tertiary/aromatic N) is 2. The fourth-order valence-corrected chi connectivity index (χ4v) is 3.75. The summed E-state index contributed by atoms with van der Waals surface area (Å²) in [6, 6.07) is 6.88. The number of hydrogen-bond donors (Lipinski definition) is 1. The number of ether oxygens (including phenoxy) is 3. The molecule has 1 N–H and O–H groups in total. The molecule has 3 aromatic rings. The van der Waals surface area contributed by atoms with Crippen LogP contribution >= 0.6 is 0 Å². The zero-order valence-electron chi connectivity index (χ0n) is 18.0. The van der Waals surface area contributed by atoms with E-state index in [1.54, 1.807) is 26.0 Å². The number of aryl methyl sites for hydroxylation is 1. The van der Waals surface area contributed by atoms with Crippen LogP contribution in [-0.2, 0) is 4.74 Å². The van der Waals surface area contributed by atoms with Gasteiger partial charge in [0.15, 0.2) is 11.5 Å². The predicted octanol–water partition coefficient (Wildman–Crippen LogP) is 5.36. The number of methoxy groups -OCH3 is 1. The van der Waals surface area contributed by atoms with Crippen LogP contribution in [0.25, 0.3) is 10.9 Å². The van der Waals surface area contributed by atoms with E-state index in [0.717, 1.165) is 12.5 Å². The number of benzene rings is 2. The van der Waals surface area contributed by atoms with Crippen molar-refractivity contribution in [1.82, 2.24) is 9.97 Å². The van der Waals surface area contributed by atoms with Crippen molar-refractivity contribution >= 4 is 16.7 Å². The monoisotopic (exact) mass is 447 g/mol. The highest BCUT2D eigenvalue weighted by molar-refractivity contribution is 5.92. The Morgan fingerprint density at radius 1 is 1.16 bits per heavy atom. The first-order valence-corrected chi connectivity index (χ1v) is 10.3. The second-order valence-electron chi connectivity index (χ2n) is 7.66. The molecule has 1 aliphatic rings. The summed E-state index contributed by atoms with van der Waals surface area (Å²) in [7, 11) is 1.54. The quantitative estimate of drug-likeness (QED) is 0.526. The summed E-state index contributed by atoms with van der Waals surface area (Å²) in [6.45, 7) is 4.59. The molecule has 6 nitrogen and oxygen atoms in total. The van der Waals surface area contributed by atoms with E-state index in [1.807, 2.05) is 0 Å². The fourth-order valence-electron chi connectivity index (χ4n) is 3.75. The van der Waals surface area contributed by atoms with E-state index >= 15 is 0 Å². The smallest absolute Gasteiger partial charge is 0.266 e. The molecule has 0 saturated carbocycles. The molecule has 9 heteroatoms. The maximum atomic E-state index is 14.6. The second kappa shape index (κ2) is 9.20. The Bertz CT molecular complexity index is 1120. The third kappa shape index (κ3) is 4.43. The lowest BCUT2D eigenvalue weighted by Gasteiger charge is -2.20. The molecule has 0 amide bonds. The Hall–Kier alpha value is -3.07. The van der Waals surface area contributed by atoms with E-state index in [1.165, 1.54) is 19.2 Å². The van der Waals surface area contributed by atoms with Crippen LogP contribution in [0.3, 0.4) is 0 Å². The number of nitrogens with one attached hydrogen (secondary N) is 1. The Morgan fingerprint density at radius 3 is 2.62 bits per heavy atom. The van der Waals surface area contributed by atoms with Gasteiger partial charge in [-0.2, -0.15) is 0 Å². The number of halogens is 3. The van der Waals surface area contributed by atoms with Crippen LogP contribution in [0.2, 0.25) is 0 Å². The first kappa shape index (κ1) is 22.1. The van der Waals surface area contributed by atoms with Gasteiger partial charge in [0.25, 0.3) is 6.43 Å². The molecule has 1 saturated heterocycles. The van der Waals surface area contributed by atoms with Gasteiger partial charge >= 0.3 is 0 Å². The van der Waals surface area contributed by atoms with Gasteiger partial charge in [0.1, 0.15) is 23.6 Å². The van der Waals surface area contributed by atoms with Gasteiger partial charge in [0.2, 0.25) is 0 Å². The van der Waals surface area contributed by atoms with E-state index in [2.05, 4.69) is 15.3 Å². The van der Waals surface area contributed by atoms with Gasteiger partial charge in [-0.05, 0) is 19.9 Å². The molecule has 0 radical (unpaired) electrons. The largest absolute Gasteiger partial charge is 0.493 e. The number of rotatable bonds is 7. The van der Waals surface area contributed by atoms with Crippen molar-refractivity contribution in [2.45, 2.75) is 38.8 Å². The summed E-state index contributed by atoms with van der Waals surface area (Å²) in [6.07, 6.45) is -2.17. The Labute approximate surface area is 183 Å².